The molecule has 3 N–H and O–H groups in total. The van der Waals surface area contributed by atoms with Crippen LogP contribution >= 0.6 is 11.8 Å². The van der Waals surface area contributed by atoms with Gasteiger partial charge in [0.2, 0.25) is 5.91 Å². The van der Waals surface area contributed by atoms with Crippen molar-refractivity contribution in [3.8, 4) is 0 Å². The monoisotopic (exact) mass is 312 g/mol. The predicted octanol–water partition coefficient (Wildman–Crippen LogP) is 3.07. The maximum Gasteiger partial charge on any atom is 0.227 e. The van der Waals surface area contributed by atoms with Crippen LogP contribution in [0.25, 0.3) is 0 Å². The van der Waals surface area contributed by atoms with Gasteiger partial charge in [-0.1, -0.05) is 19.9 Å². The molecule has 0 aliphatic heterocycles. The summed E-state index contributed by atoms with van der Waals surface area (Å²) in [6.07, 6.45) is 3.40. The number of thioether (sulfide) groups is 1. The van der Waals surface area contributed by atoms with E-state index in [0.717, 1.165) is 16.9 Å². The molecule has 0 atom stereocenters. The first-order valence-corrected chi connectivity index (χ1v) is 8.67. The van der Waals surface area contributed by atoms with Gasteiger partial charge in [-0.3, -0.25) is 4.79 Å². The Morgan fingerprint density at radius 3 is 2.52 bits per heavy atom. The fourth-order valence-corrected chi connectivity index (χ4v) is 2.95. The van der Waals surface area contributed by atoms with E-state index >= 15 is 0 Å². The molecule has 1 aromatic carbocycles. The summed E-state index contributed by atoms with van der Waals surface area (Å²) in [6.45, 7) is 4.71. The second kappa shape index (κ2) is 8.39. The van der Waals surface area contributed by atoms with Crippen LogP contribution in [0, 0.1) is 11.2 Å². The smallest absolute Gasteiger partial charge is 0.227 e. The molecule has 0 aliphatic rings. The van der Waals surface area contributed by atoms with Gasteiger partial charge in [-0.15, -0.1) is 0 Å². The average Bonchev–Trinajstić information content (AvgIpc) is 2.49. The fraction of sp³-hybridized carbons (Fsp3) is 0.562. The van der Waals surface area contributed by atoms with Crippen molar-refractivity contribution in [2.45, 2.75) is 39.0 Å². The Morgan fingerprint density at radius 1 is 1.33 bits per heavy atom. The van der Waals surface area contributed by atoms with Crippen LogP contribution in [0.5, 0.6) is 0 Å². The normalized spacial score (nSPS) is 11.5. The maximum absolute atomic E-state index is 13.3. The summed E-state index contributed by atoms with van der Waals surface area (Å²) in [6, 6.07) is 4.71. The molecule has 5 heteroatoms. The van der Waals surface area contributed by atoms with Crippen LogP contribution in [-0.4, -0.2) is 18.7 Å². The number of carbonyl (C=O) groups excluding carboxylic acids is 1. The molecule has 0 aliphatic carbocycles. The van der Waals surface area contributed by atoms with Gasteiger partial charge in [0.05, 0.1) is 5.41 Å². The number of hydrogen-bond acceptors (Lipinski definition) is 3. The highest BCUT2D eigenvalue weighted by Gasteiger charge is 2.32. The molecule has 0 saturated carbocycles. The molecular formula is C16H25FN2OS. The minimum Gasteiger partial charge on any atom is -0.351 e. The number of nitrogens with two attached hydrogens (primary N) is 1. The fourth-order valence-electron chi connectivity index (χ4n) is 2.37. The summed E-state index contributed by atoms with van der Waals surface area (Å²) in [4.78, 5) is 12.4. The van der Waals surface area contributed by atoms with Crippen molar-refractivity contribution in [3.05, 3.63) is 35.1 Å². The third kappa shape index (κ3) is 4.45. The topological polar surface area (TPSA) is 55.1 Å². The summed E-state index contributed by atoms with van der Waals surface area (Å²) in [5.41, 5.74) is 7.16. The molecule has 0 fully saturated rings. The lowest BCUT2D eigenvalue weighted by atomic mass is 9.81. The second-order valence-corrected chi connectivity index (χ2v) is 6.09. The van der Waals surface area contributed by atoms with E-state index in [1.165, 1.54) is 12.1 Å². The van der Waals surface area contributed by atoms with Crippen LogP contribution in [0.3, 0.4) is 0 Å². The number of carbonyl (C=O) groups is 1. The first-order valence-electron chi connectivity index (χ1n) is 7.27. The van der Waals surface area contributed by atoms with Gasteiger partial charge in [0.15, 0.2) is 0 Å². The quantitative estimate of drug-likeness (QED) is 0.775. The molecule has 0 aromatic heterocycles. The van der Waals surface area contributed by atoms with Crippen molar-refractivity contribution in [2.24, 2.45) is 11.1 Å². The average molecular weight is 312 g/mol. The Bertz CT molecular complexity index is 467. The van der Waals surface area contributed by atoms with E-state index in [1.54, 1.807) is 17.8 Å². The van der Waals surface area contributed by atoms with Crippen molar-refractivity contribution in [2.75, 3.05) is 12.8 Å². The highest BCUT2D eigenvalue weighted by molar-refractivity contribution is 7.97. The van der Waals surface area contributed by atoms with Gasteiger partial charge in [0.25, 0.3) is 0 Å². The molecule has 0 bridgehead atoms. The zero-order valence-electron chi connectivity index (χ0n) is 13.0. The Labute approximate surface area is 130 Å². The maximum atomic E-state index is 13.3. The third-order valence-corrected chi connectivity index (χ3v) is 4.73. The van der Waals surface area contributed by atoms with Crippen molar-refractivity contribution < 1.29 is 9.18 Å². The molecule has 0 spiro atoms. The minimum absolute atomic E-state index is 0.0190. The first-order chi connectivity index (χ1) is 10.0. The van der Waals surface area contributed by atoms with Gasteiger partial charge in [-0.2, -0.15) is 11.8 Å². The summed E-state index contributed by atoms with van der Waals surface area (Å²) >= 11 is 1.63. The molecule has 0 unspecified atom stereocenters. The lowest BCUT2D eigenvalue weighted by Gasteiger charge is -2.28. The standard InChI is InChI=1S/C16H25FN2OS/c1-4-16(5-2,11-18)15(20)19-9-12-6-7-14(17)8-13(12)10-21-3/h6-8H,4-5,9-11,18H2,1-3H3,(H,19,20). The lowest BCUT2D eigenvalue weighted by molar-refractivity contribution is -0.131. The first kappa shape index (κ1) is 18.0. The summed E-state index contributed by atoms with van der Waals surface area (Å²) < 4.78 is 13.3. The van der Waals surface area contributed by atoms with Gasteiger partial charge in [0.1, 0.15) is 5.82 Å². The zero-order valence-corrected chi connectivity index (χ0v) is 13.9. The number of halogens is 1. The van der Waals surface area contributed by atoms with Gasteiger partial charge < -0.3 is 11.1 Å². The molecule has 1 aromatic rings. The number of nitrogens with one attached hydrogen (secondary N) is 1. The van der Waals surface area contributed by atoms with Gasteiger partial charge >= 0.3 is 0 Å². The summed E-state index contributed by atoms with van der Waals surface area (Å²) in [5.74, 6) is 0.467. The van der Waals surface area contributed by atoms with Gasteiger partial charge in [-0.25, -0.2) is 4.39 Å². The zero-order chi connectivity index (χ0) is 15.9. The van der Waals surface area contributed by atoms with E-state index in [-0.39, 0.29) is 11.7 Å². The Kier molecular flexibility index (Phi) is 7.18. The van der Waals surface area contributed by atoms with Crippen LogP contribution in [0.1, 0.15) is 37.8 Å². The van der Waals surface area contributed by atoms with E-state index in [1.807, 2.05) is 20.1 Å². The molecule has 118 valence electrons. The van der Waals surface area contributed by atoms with Crippen LogP contribution in [0.15, 0.2) is 18.2 Å². The highest BCUT2D eigenvalue weighted by Crippen LogP contribution is 2.25. The van der Waals surface area contributed by atoms with E-state index in [0.29, 0.717) is 25.9 Å². The Balaban J connectivity index is 2.81. The van der Waals surface area contributed by atoms with E-state index in [9.17, 15) is 9.18 Å². The highest BCUT2D eigenvalue weighted by atomic mass is 32.2. The summed E-state index contributed by atoms with van der Waals surface area (Å²) in [7, 11) is 0. The molecular weight excluding hydrogens is 287 g/mol. The molecule has 0 saturated heterocycles. The largest absolute Gasteiger partial charge is 0.351 e. The molecule has 3 nitrogen and oxygen atoms in total. The minimum atomic E-state index is -0.500. The van der Waals surface area contributed by atoms with Crippen molar-refractivity contribution in [1.82, 2.24) is 5.32 Å². The SMILES string of the molecule is CCC(CC)(CN)C(=O)NCc1ccc(F)cc1CSC. The van der Waals surface area contributed by atoms with Crippen molar-refractivity contribution >= 4 is 17.7 Å². The third-order valence-electron chi connectivity index (χ3n) is 4.13. The van der Waals surface area contributed by atoms with Crippen LogP contribution in [0.2, 0.25) is 0 Å². The molecule has 1 amide bonds. The van der Waals surface area contributed by atoms with E-state index in [2.05, 4.69) is 5.32 Å². The second-order valence-electron chi connectivity index (χ2n) is 5.22. The lowest BCUT2D eigenvalue weighted by Crippen LogP contribution is -2.45. The summed E-state index contributed by atoms with van der Waals surface area (Å²) in [5, 5.41) is 2.96. The predicted molar refractivity (Wildman–Crippen MR) is 87.5 cm³/mol. The van der Waals surface area contributed by atoms with Crippen LogP contribution in [0.4, 0.5) is 4.39 Å². The Hall–Kier alpha value is -1.07. The van der Waals surface area contributed by atoms with Crippen molar-refractivity contribution in [3.63, 3.8) is 0 Å². The van der Waals surface area contributed by atoms with Crippen molar-refractivity contribution in [1.29, 1.82) is 0 Å². The number of hydrogen-bond donors (Lipinski definition) is 2. The Morgan fingerprint density at radius 2 is 2.00 bits per heavy atom. The van der Waals surface area contributed by atoms with Gasteiger partial charge in [-0.05, 0) is 42.4 Å². The van der Waals surface area contributed by atoms with Crippen LogP contribution < -0.4 is 11.1 Å². The van der Waals surface area contributed by atoms with E-state index < -0.39 is 5.41 Å². The number of rotatable bonds is 8. The molecule has 1 rings (SSSR count). The molecule has 21 heavy (non-hydrogen) atoms. The molecule has 0 radical (unpaired) electrons. The number of benzene rings is 1. The molecule has 0 heterocycles. The van der Waals surface area contributed by atoms with E-state index in [4.69, 9.17) is 5.73 Å². The number of amides is 1. The van der Waals surface area contributed by atoms with Crippen LogP contribution in [-0.2, 0) is 17.1 Å². The van der Waals surface area contributed by atoms with Gasteiger partial charge in [0, 0.05) is 18.8 Å².